The number of hydrazone groups is 1. The molecule has 0 amide bonds. The van der Waals surface area contributed by atoms with Crippen molar-refractivity contribution in [2.45, 2.75) is 0 Å². The lowest BCUT2D eigenvalue weighted by atomic mass is 10.2. The third kappa shape index (κ3) is 5.65. The lowest BCUT2D eigenvalue weighted by Crippen LogP contribution is -2.26. The Bertz CT molecular complexity index is 853. The number of nitrogens with zero attached hydrogens (tertiary/aromatic N) is 3. The maximum absolute atomic E-state index is 5.91. The zero-order valence-corrected chi connectivity index (χ0v) is 15.6. The van der Waals surface area contributed by atoms with E-state index in [4.69, 9.17) is 38.4 Å². The lowest BCUT2D eigenvalue weighted by Gasteiger charge is -2.04. The van der Waals surface area contributed by atoms with Crippen molar-refractivity contribution in [3.8, 4) is 11.5 Å². The van der Waals surface area contributed by atoms with Crippen molar-refractivity contribution in [2.24, 2.45) is 21.0 Å². The molecule has 3 N–H and O–H groups in total. The monoisotopic (exact) mass is 393 g/mol. The average Bonchev–Trinajstić information content (AvgIpc) is 2.63. The van der Waals surface area contributed by atoms with Gasteiger partial charge in [0.05, 0.1) is 26.6 Å². The van der Waals surface area contributed by atoms with Gasteiger partial charge in [-0.15, -0.1) is 5.10 Å². The van der Waals surface area contributed by atoms with Gasteiger partial charge < -0.3 is 15.2 Å². The van der Waals surface area contributed by atoms with Crippen molar-refractivity contribution in [1.82, 2.24) is 5.43 Å². The molecular weight excluding hydrogens is 377 g/mol. The Balaban J connectivity index is 2.00. The van der Waals surface area contributed by atoms with E-state index in [2.05, 4.69) is 20.7 Å². The van der Waals surface area contributed by atoms with Crippen LogP contribution in [0.2, 0.25) is 10.0 Å². The Hall–Kier alpha value is -2.77. The number of methoxy groups -OCH3 is 2. The minimum atomic E-state index is 0.0124. The standard InChI is InChI=1S/C17H17Cl2N5O2/c1-25-15-7-13(18)5-3-11(15)9-21-23-17(20)24-22-10-12-4-6-14(19)8-16(12)26-2/h3-10H,1-2H3,(H3,20,23,24). The van der Waals surface area contributed by atoms with Gasteiger partial charge in [0, 0.05) is 21.2 Å². The van der Waals surface area contributed by atoms with E-state index in [1.807, 2.05) is 0 Å². The molecule has 0 heterocycles. The molecule has 0 radical (unpaired) electrons. The number of guanidine groups is 1. The van der Waals surface area contributed by atoms with Crippen LogP contribution in [0.25, 0.3) is 0 Å². The van der Waals surface area contributed by atoms with Crippen LogP contribution < -0.4 is 20.6 Å². The lowest BCUT2D eigenvalue weighted by molar-refractivity contribution is 0.414. The van der Waals surface area contributed by atoms with E-state index in [-0.39, 0.29) is 5.96 Å². The zero-order chi connectivity index (χ0) is 18.9. The third-order valence-corrected chi connectivity index (χ3v) is 3.61. The van der Waals surface area contributed by atoms with Crippen molar-refractivity contribution < 1.29 is 9.47 Å². The molecule has 2 aromatic carbocycles. The maximum atomic E-state index is 5.91. The normalized spacial score (nSPS) is 11.9. The Morgan fingerprint density at radius 2 is 1.50 bits per heavy atom. The minimum absolute atomic E-state index is 0.0124. The minimum Gasteiger partial charge on any atom is -0.496 e. The molecule has 0 bridgehead atoms. The molecule has 2 rings (SSSR count). The first kappa shape index (κ1) is 19.6. The van der Waals surface area contributed by atoms with Crippen LogP contribution >= 0.6 is 23.2 Å². The first-order valence-electron chi connectivity index (χ1n) is 7.36. The number of halogens is 2. The van der Waals surface area contributed by atoms with Crippen molar-refractivity contribution in [3.05, 3.63) is 57.6 Å². The molecule has 0 aliphatic heterocycles. The van der Waals surface area contributed by atoms with Crippen LogP contribution in [-0.4, -0.2) is 32.6 Å². The van der Waals surface area contributed by atoms with Crippen LogP contribution in [-0.2, 0) is 0 Å². The van der Waals surface area contributed by atoms with Gasteiger partial charge in [-0.1, -0.05) is 23.2 Å². The molecule has 0 atom stereocenters. The van der Waals surface area contributed by atoms with Crippen LogP contribution in [0.5, 0.6) is 11.5 Å². The first-order chi connectivity index (χ1) is 12.5. The van der Waals surface area contributed by atoms with E-state index in [1.54, 1.807) is 50.6 Å². The van der Waals surface area contributed by atoms with E-state index in [9.17, 15) is 0 Å². The molecule has 26 heavy (non-hydrogen) atoms. The smallest absolute Gasteiger partial charge is 0.234 e. The van der Waals surface area contributed by atoms with E-state index < -0.39 is 0 Å². The summed E-state index contributed by atoms with van der Waals surface area (Å²) in [7, 11) is 3.09. The van der Waals surface area contributed by atoms with Crippen molar-refractivity contribution in [3.63, 3.8) is 0 Å². The molecule has 0 spiro atoms. The third-order valence-electron chi connectivity index (χ3n) is 3.14. The molecule has 9 heteroatoms. The zero-order valence-electron chi connectivity index (χ0n) is 14.1. The van der Waals surface area contributed by atoms with Crippen molar-refractivity contribution >= 4 is 41.6 Å². The number of nitrogens with one attached hydrogen (secondary N) is 1. The van der Waals surface area contributed by atoms with Crippen molar-refractivity contribution in [1.29, 1.82) is 0 Å². The Labute approximate surface area is 161 Å². The Morgan fingerprint density at radius 3 is 2.04 bits per heavy atom. The number of benzene rings is 2. The van der Waals surface area contributed by atoms with Gasteiger partial charge in [0.2, 0.25) is 5.96 Å². The molecule has 2 aromatic rings. The summed E-state index contributed by atoms with van der Waals surface area (Å²) in [4.78, 5) is 0. The second-order valence-corrected chi connectivity index (χ2v) is 5.75. The number of ether oxygens (including phenoxy) is 2. The number of hydrogen-bond donors (Lipinski definition) is 2. The van der Waals surface area contributed by atoms with E-state index >= 15 is 0 Å². The maximum Gasteiger partial charge on any atom is 0.234 e. The average molecular weight is 394 g/mol. The fraction of sp³-hybridized carbons (Fsp3) is 0.118. The molecule has 136 valence electrons. The largest absolute Gasteiger partial charge is 0.496 e. The molecule has 0 aliphatic rings. The molecule has 0 unspecified atom stereocenters. The van der Waals surface area contributed by atoms with E-state index in [0.29, 0.717) is 27.1 Å². The number of rotatable bonds is 6. The van der Waals surface area contributed by atoms with Crippen LogP contribution in [0.4, 0.5) is 0 Å². The van der Waals surface area contributed by atoms with Crippen LogP contribution in [0.15, 0.2) is 51.7 Å². The highest BCUT2D eigenvalue weighted by molar-refractivity contribution is 6.31. The van der Waals surface area contributed by atoms with Crippen molar-refractivity contribution in [2.75, 3.05) is 14.2 Å². The second kappa shape index (κ2) is 9.65. The molecular formula is C17H17Cl2N5O2. The summed E-state index contributed by atoms with van der Waals surface area (Å²) in [5.74, 6) is 1.18. The van der Waals surface area contributed by atoms with Gasteiger partial charge in [0.15, 0.2) is 0 Å². The molecule has 7 nitrogen and oxygen atoms in total. The van der Waals surface area contributed by atoms with Gasteiger partial charge >= 0.3 is 0 Å². The fourth-order valence-corrected chi connectivity index (χ4v) is 2.25. The SMILES string of the molecule is COc1cc(Cl)ccc1C=NN=C(N)NN=Cc1ccc(Cl)cc1OC. The summed E-state index contributed by atoms with van der Waals surface area (Å²) in [6.45, 7) is 0. The highest BCUT2D eigenvalue weighted by Gasteiger charge is 2.02. The number of nitrogens with two attached hydrogens (primary N) is 1. The topological polar surface area (TPSA) is 93.6 Å². The molecule has 0 saturated heterocycles. The van der Waals surface area contributed by atoms with Crippen LogP contribution in [0.1, 0.15) is 11.1 Å². The van der Waals surface area contributed by atoms with Crippen LogP contribution in [0, 0.1) is 0 Å². The van der Waals surface area contributed by atoms with Gasteiger partial charge in [0.1, 0.15) is 11.5 Å². The van der Waals surface area contributed by atoms with Gasteiger partial charge in [-0.3, -0.25) is 0 Å². The summed E-state index contributed by atoms with van der Waals surface area (Å²) in [6, 6.07) is 10.3. The second-order valence-electron chi connectivity index (χ2n) is 4.87. The highest BCUT2D eigenvalue weighted by Crippen LogP contribution is 2.22. The Kier molecular flexibility index (Phi) is 7.25. The summed E-state index contributed by atoms with van der Waals surface area (Å²) < 4.78 is 10.4. The molecule has 0 fully saturated rings. The fourth-order valence-electron chi connectivity index (χ4n) is 1.93. The predicted molar refractivity (Wildman–Crippen MR) is 106 cm³/mol. The van der Waals surface area contributed by atoms with E-state index in [1.165, 1.54) is 12.4 Å². The summed E-state index contributed by atoms with van der Waals surface area (Å²) in [6.07, 6.45) is 3.03. The molecule has 0 aliphatic carbocycles. The summed E-state index contributed by atoms with van der Waals surface area (Å²) in [5, 5.41) is 12.8. The molecule has 0 aromatic heterocycles. The molecule has 0 saturated carbocycles. The van der Waals surface area contributed by atoms with Gasteiger partial charge in [-0.25, -0.2) is 5.43 Å². The van der Waals surface area contributed by atoms with Gasteiger partial charge in [-0.05, 0) is 36.4 Å². The Morgan fingerprint density at radius 1 is 0.962 bits per heavy atom. The predicted octanol–water partition coefficient (Wildman–Crippen LogP) is 3.28. The number of hydrogen-bond acceptors (Lipinski definition) is 5. The summed E-state index contributed by atoms with van der Waals surface area (Å²) >= 11 is 11.8. The quantitative estimate of drug-likeness (QED) is 0.447. The van der Waals surface area contributed by atoms with Crippen LogP contribution in [0.3, 0.4) is 0 Å². The van der Waals surface area contributed by atoms with Gasteiger partial charge in [0.25, 0.3) is 0 Å². The highest BCUT2D eigenvalue weighted by atomic mass is 35.5. The van der Waals surface area contributed by atoms with E-state index in [0.717, 1.165) is 5.56 Å². The van der Waals surface area contributed by atoms with Gasteiger partial charge in [-0.2, -0.15) is 10.2 Å². The summed E-state index contributed by atoms with van der Waals surface area (Å²) in [5.41, 5.74) is 9.70. The first-order valence-corrected chi connectivity index (χ1v) is 8.11.